The predicted octanol–water partition coefficient (Wildman–Crippen LogP) is 3.08. The molecule has 0 N–H and O–H groups in total. The fourth-order valence-corrected chi connectivity index (χ4v) is 2.06. The van der Waals surface area contributed by atoms with Crippen molar-refractivity contribution in [3.63, 3.8) is 0 Å². The summed E-state index contributed by atoms with van der Waals surface area (Å²) in [6.07, 6.45) is 6.58. The first-order valence-corrected chi connectivity index (χ1v) is 5.60. The molecule has 0 radical (unpaired) electrons. The maximum Gasteiger partial charge on any atom is 0.0955 e. The third-order valence-corrected chi connectivity index (χ3v) is 3.15. The van der Waals surface area contributed by atoms with Gasteiger partial charge in [0, 0.05) is 16.3 Å². The highest BCUT2D eigenvalue weighted by molar-refractivity contribution is 6.36. The number of hydrogen-bond acceptors (Lipinski definition) is 1. The van der Waals surface area contributed by atoms with Crippen molar-refractivity contribution in [3.05, 3.63) is 28.3 Å². The summed E-state index contributed by atoms with van der Waals surface area (Å²) in [6.45, 7) is 0.646. The smallest absolute Gasteiger partial charge is 0.0955 e. The van der Waals surface area contributed by atoms with Gasteiger partial charge in [-0.1, -0.05) is 23.2 Å². The van der Waals surface area contributed by atoms with Crippen molar-refractivity contribution in [1.29, 1.82) is 0 Å². The molecule has 2 rings (SSSR count). The molecule has 0 aliphatic heterocycles. The van der Waals surface area contributed by atoms with Crippen LogP contribution < -0.4 is 0 Å². The van der Waals surface area contributed by atoms with Crippen LogP contribution in [-0.2, 0) is 19.4 Å². The fraction of sp³-hybridized carbons (Fsp3) is 0.500. The molecule has 14 heavy (non-hydrogen) atoms. The average Bonchev–Trinajstić information content (AvgIpc) is 2.62. The number of allylic oxidation sites excluding steroid dienone is 1. The van der Waals surface area contributed by atoms with Crippen LogP contribution in [0.2, 0.25) is 0 Å². The lowest BCUT2D eigenvalue weighted by Gasteiger charge is -2.13. The van der Waals surface area contributed by atoms with Crippen molar-refractivity contribution >= 4 is 23.2 Å². The summed E-state index contributed by atoms with van der Waals surface area (Å²) >= 11 is 11.4. The minimum atomic E-state index is 0.646. The van der Waals surface area contributed by atoms with E-state index in [0.717, 1.165) is 12.8 Å². The van der Waals surface area contributed by atoms with E-state index in [1.165, 1.54) is 29.8 Å². The van der Waals surface area contributed by atoms with E-state index in [1.54, 1.807) is 0 Å². The van der Waals surface area contributed by atoms with Gasteiger partial charge in [0.05, 0.1) is 18.6 Å². The highest BCUT2D eigenvalue weighted by atomic mass is 35.5. The summed E-state index contributed by atoms with van der Waals surface area (Å²) in [5.74, 6) is 0. The number of fused-ring (bicyclic) bond motifs is 1. The zero-order valence-electron chi connectivity index (χ0n) is 7.84. The van der Waals surface area contributed by atoms with Gasteiger partial charge in [-0.2, -0.15) is 0 Å². The molecule has 0 atom stereocenters. The van der Waals surface area contributed by atoms with Gasteiger partial charge in [-0.3, -0.25) is 0 Å². The molecule has 0 unspecified atom stereocenters. The number of aromatic nitrogens is 2. The first kappa shape index (κ1) is 10.1. The van der Waals surface area contributed by atoms with Crippen LogP contribution >= 0.6 is 23.2 Å². The minimum absolute atomic E-state index is 0.646. The Bertz CT molecular complexity index is 355. The summed E-state index contributed by atoms with van der Waals surface area (Å²) in [5, 5.41) is 0.650. The van der Waals surface area contributed by atoms with E-state index in [-0.39, 0.29) is 0 Å². The second-order valence-electron chi connectivity index (χ2n) is 3.53. The Balaban J connectivity index is 2.22. The van der Waals surface area contributed by atoms with Gasteiger partial charge >= 0.3 is 0 Å². The van der Waals surface area contributed by atoms with Gasteiger partial charge in [-0.25, -0.2) is 4.98 Å². The fourth-order valence-electron chi connectivity index (χ4n) is 1.86. The molecule has 76 valence electrons. The summed E-state index contributed by atoms with van der Waals surface area (Å²) < 4.78 is 2.09. The van der Waals surface area contributed by atoms with Crippen LogP contribution in [0, 0.1) is 0 Å². The number of halogens is 2. The molecule has 1 aromatic rings. The van der Waals surface area contributed by atoms with Gasteiger partial charge in [0.25, 0.3) is 0 Å². The van der Waals surface area contributed by atoms with Crippen LogP contribution in [0.3, 0.4) is 0 Å². The van der Waals surface area contributed by atoms with Crippen molar-refractivity contribution < 1.29 is 0 Å². The molecule has 0 amide bonds. The molecule has 1 aliphatic rings. The second kappa shape index (κ2) is 4.37. The molecular weight excluding hydrogens is 219 g/mol. The summed E-state index contributed by atoms with van der Waals surface area (Å²) in [7, 11) is 0. The van der Waals surface area contributed by atoms with Crippen LogP contribution in [-0.4, -0.2) is 9.55 Å². The molecule has 4 heteroatoms. The molecule has 0 fully saturated rings. The second-order valence-corrected chi connectivity index (χ2v) is 4.23. The van der Waals surface area contributed by atoms with E-state index in [2.05, 4.69) is 9.55 Å². The lowest BCUT2D eigenvalue weighted by Crippen LogP contribution is -2.08. The Hall–Kier alpha value is -0.470. The van der Waals surface area contributed by atoms with Gasteiger partial charge in [0.1, 0.15) is 0 Å². The van der Waals surface area contributed by atoms with Crippen molar-refractivity contribution in [3.8, 4) is 0 Å². The molecule has 0 saturated heterocycles. The quantitative estimate of drug-likeness (QED) is 0.764. The van der Waals surface area contributed by atoms with E-state index in [0.29, 0.717) is 11.6 Å². The molecule has 0 spiro atoms. The first-order valence-electron chi connectivity index (χ1n) is 4.79. The SMILES string of the molecule is Cl/C=C(/Cl)Cn1cnc2c1CCCC2. The van der Waals surface area contributed by atoms with E-state index < -0.39 is 0 Å². The van der Waals surface area contributed by atoms with Gasteiger partial charge in [0.15, 0.2) is 0 Å². The molecule has 0 saturated carbocycles. The molecule has 1 aliphatic carbocycles. The monoisotopic (exact) mass is 230 g/mol. The Morgan fingerprint density at radius 1 is 1.50 bits per heavy atom. The maximum absolute atomic E-state index is 5.88. The summed E-state index contributed by atoms with van der Waals surface area (Å²) in [6, 6.07) is 0. The van der Waals surface area contributed by atoms with Crippen molar-refractivity contribution in [2.45, 2.75) is 32.2 Å². The molecule has 1 heterocycles. The van der Waals surface area contributed by atoms with Gasteiger partial charge < -0.3 is 4.57 Å². The third-order valence-electron chi connectivity index (χ3n) is 2.55. The van der Waals surface area contributed by atoms with E-state index in [9.17, 15) is 0 Å². The lowest BCUT2D eigenvalue weighted by atomic mass is 10.0. The van der Waals surface area contributed by atoms with Crippen LogP contribution in [0.25, 0.3) is 0 Å². The highest BCUT2D eigenvalue weighted by Gasteiger charge is 2.14. The largest absolute Gasteiger partial charge is 0.329 e. The van der Waals surface area contributed by atoms with Gasteiger partial charge in [-0.15, -0.1) is 0 Å². The Labute approximate surface area is 93.5 Å². The summed E-state index contributed by atoms with van der Waals surface area (Å²) in [4.78, 5) is 4.38. The number of imidazole rings is 1. The normalized spacial score (nSPS) is 16.9. The average molecular weight is 231 g/mol. The van der Waals surface area contributed by atoms with Crippen molar-refractivity contribution in [1.82, 2.24) is 9.55 Å². The molecule has 0 bridgehead atoms. The zero-order valence-corrected chi connectivity index (χ0v) is 9.35. The van der Waals surface area contributed by atoms with Crippen LogP contribution in [0.1, 0.15) is 24.2 Å². The van der Waals surface area contributed by atoms with E-state index >= 15 is 0 Å². The van der Waals surface area contributed by atoms with Crippen molar-refractivity contribution in [2.75, 3.05) is 0 Å². The lowest BCUT2D eigenvalue weighted by molar-refractivity contribution is 0.630. The molecule has 0 aromatic carbocycles. The van der Waals surface area contributed by atoms with Gasteiger partial charge in [-0.05, 0) is 25.7 Å². The summed E-state index contributed by atoms with van der Waals surface area (Å²) in [5.41, 5.74) is 3.97. The van der Waals surface area contributed by atoms with E-state index in [4.69, 9.17) is 23.2 Å². The minimum Gasteiger partial charge on any atom is -0.329 e. The number of hydrogen-bond donors (Lipinski definition) is 0. The Morgan fingerprint density at radius 3 is 3.07 bits per heavy atom. The third kappa shape index (κ3) is 1.96. The topological polar surface area (TPSA) is 17.8 Å². The maximum atomic E-state index is 5.88. The number of nitrogens with zero attached hydrogens (tertiary/aromatic N) is 2. The molecule has 1 aromatic heterocycles. The predicted molar refractivity (Wildman–Crippen MR) is 58.7 cm³/mol. The van der Waals surface area contributed by atoms with Crippen LogP contribution in [0.4, 0.5) is 0 Å². The van der Waals surface area contributed by atoms with Gasteiger partial charge in [0.2, 0.25) is 0 Å². The van der Waals surface area contributed by atoms with Crippen LogP contribution in [0.15, 0.2) is 16.9 Å². The zero-order chi connectivity index (χ0) is 9.97. The highest BCUT2D eigenvalue weighted by Crippen LogP contribution is 2.21. The molecular formula is C10H12Cl2N2. The first-order chi connectivity index (χ1) is 6.81. The Kier molecular flexibility index (Phi) is 3.14. The Morgan fingerprint density at radius 2 is 2.29 bits per heavy atom. The standard InChI is InChI=1S/C10H12Cl2N2/c11-5-8(12)6-14-7-13-9-3-1-2-4-10(9)14/h5,7H,1-4,6H2/b8-5+. The number of aryl methyl sites for hydroxylation is 1. The van der Waals surface area contributed by atoms with Crippen molar-refractivity contribution in [2.24, 2.45) is 0 Å². The molecule has 2 nitrogen and oxygen atoms in total. The van der Waals surface area contributed by atoms with E-state index in [1.807, 2.05) is 6.33 Å². The number of rotatable bonds is 2. The van der Waals surface area contributed by atoms with Crippen LogP contribution in [0.5, 0.6) is 0 Å².